The van der Waals surface area contributed by atoms with Crippen molar-refractivity contribution in [2.24, 2.45) is 0 Å². The van der Waals surface area contributed by atoms with Gasteiger partial charge >= 0.3 is 0 Å². The summed E-state index contributed by atoms with van der Waals surface area (Å²) in [6.07, 6.45) is 0. The number of nitrogens with zero attached hydrogens (tertiary/aromatic N) is 1. The zero-order valence-electron chi connectivity index (χ0n) is 8.92. The molecular formula is C10H14N2O3S. The van der Waals surface area contributed by atoms with Crippen LogP contribution in [-0.4, -0.2) is 21.9 Å². The van der Waals surface area contributed by atoms with Gasteiger partial charge in [-0.1, -0.05) is 19.1 Å². The Hall–Kier alpha value is -1.27. The van der Waals surface area contributed by atoms with E-state index in [1.807, 2.05) is 6.92 Å². The van der Waals surface area contributed by atoms with Gasteiger partial charge in [0.25, 0.3) is 5.69 Å². The minimum atomic E-state index is -0.487. The summed E-state index contributed by atoms with van der Waals surface area (Å²) in [6.45, 7) is 1.97. The first kappa shape index (κ1) is 12.8. The number of benzene rings is 1. The molecule has 0 saturated carbocycles. The third-order valence-corrected chi connectivity index (χ3v) is 3.35. The number of nitrogen functional groups attached to an aromatic ring is 1. The molecule has 3 N–H and O–H groups in total. The second-order valence-corrected chi connectivity index (χ2v) is 4.84. The van der Waals surface area contributed by atoms with Gasteiger partial charge in [-0.25, -0.2) is 0 Å². The molecule has 0 radical (unpaired) electrons. The van der Waals surface area contributed by atoms with E-state index in [0.717, 1.165) is 5.56 Å². The van der Waals surface area contributed by atoms with Gasteiger partial charge in [0.05, 0.1) is 11.5 Å². The van der Waals surface area contributed by atoms with Crippen LogP contribution < -0.4 is 5.73 Å². The maximum atomic E-state index is 10.6. The highest BCUT2D eigenvalue weighted by Crippen LogP contribution is 2.28. The van der Waals surface area contributed by atoms with Gasteiger partial charge in [0, 0.05) is 17.1 Å². The van der Waals surface area contributed by atoms with Crippen molar-refractivity contribution in [3.8, 4) is 0 Å². The molecule has 1 unspecified atom stereocenters. The maximum Gasteiger partial charge on any atom is 0.292 e. The van der Waals surface area contributed by atoms with E-state index in [1.54, 1.807) is 12.1 Å². The average molecular weight is 242 g/mol. The Bertz CT molecular complexity index is 384. The highest BCUT2D eigenvalue weighted by atomic mass is 32.2. The van der Waals surface area contributed by atoms with Gasteiger partial charge < -0.3 is 10.8 Å². The molecule has 0 heterocycles. The number of nitro benzene ring substituents is 1. The minimum Gasteiger partial charge on any atom is -0.395 e. The number of nitro groups is 1. The van der Waals surface area contributed by atoms with Gasteiger partial charge in [0.15, 0.2) is 0 Å². The first-order valence-electron chi connectivity index (χ1n) is 4.80. The molecule has 0 aromatic heterocycles. The first-order chi connectivity index (χ1) is 7.56. The molecule has 1 rings (SSSR count). The zero-order chi connectivity index (χ0) is 12.1. The lowest BCUT2D eigenvalue weighted by molar-refractivity contribution is -0.383. The molecule has 1 aromatic rings. The third-order valence-electron chi connectivity index (χ3n) is 2.15. The standard InChI is InChI=1S/C10H14N2O3S/c1-7(5-13)16-6-8-3-2-4-9(10(8)11)12(14)15/h2-4,7,13H,5-6,11H2,1H3. The molecule has 0 fully saturated rings. The predicted octanol–water partition coefficient (Wildman–Crippen LogP) is 1.79. The Kier molecular flexibility index (Phi) is 4.57. The number of aliphatic hydroxyl groups excluding tert-OH is 1. The monoisotopic (exact) mass is 242 g/mol. The highest BCUT2D eigenvalue weighted by Gasteiger charge is 2.14. The second kappa shape index (κ2) is 5.72. The number of thioether (sulfide) groups is 1. The van der Waals surface area contributed by atoms with E-state index in [0.29, 0.717) is 5.75 Å². The molecule has 0 aliphatic carbocycles. The second-order valence-electron chi connectivity index (χ2n) is 3.41. The topological polar surface area (TPSA) is 89.4 Å². The van der Waals surface area contributed by atoms with Gasteiger partial charge in [-0.15, -0.1) is 0 Å². The predicted molar refractivity (Wildman–Crippen MR) is 65.4 cm³/mol. The summed E-state index contributed by atoms with van der Waals surface area (Å²) in [5.41, 5.74) is 6.58. The van der Waals surface area contributed by atoms with Gasteiger partial charge in [-0.05, 0) is 5.56 Å². The van der Waals surface area contributed by atoms with E-state index in [-0.39, 0.29) is 23.2 Å². The summed E-state index contributed by atoms with van der Waals surface area (Å²) in [6, 6.07) is 4.77. The van der Waals surface area contributed by atoms with Crippen LogP contribution in [0.3, 0.4) is 0 Å². The third kappa shape index (κ3) is 3.11. The van der Waals surface area contributed by atoms with Crippen molar-refractivity contribution >= 4 is 23.1 Å². The van der Waals surface area contributed by atoms with Gasteiger partial charge in [-0.2, -0.15) is 11.8 Å². The molecule has 16 heavy (non-hydrogen) atoms. The number of rotatable bonds is 5. The number of nitrogens with two attached hydrogens (primary N) is 1. The van der Waals surface area contributed by atoms with E-state index >= 15 is 0 Å². The van der Waals surface area contributed by atoms with Crippen LogP contribution >= 0.6 is 11.8 Å². The molecule has 1 aromatic carbocycles. The van der Waals surface area contributed by atoms with E-state index in [2.05, 4.69) is 0 Å². The zero-order valence-corrected chi connectivity index (χ0v) is 9.74. The van der Waals surface area contributed by atoms with Gasteiger partial charge in [0.2, 0.25) is 0 Å². The molecule has 1 atom stereocenters. The van der Waals surface area contributed by atoms with Crippen LogP contribution in [-0.2, 0) is 5.75 Å². The fourth-order valence-electron chi connectivity index (χ4n) is 1.17. The molecule has 0 aliphatic heterocycles. The number of aliphatic hydroxyl groups is 1. The molecule has 6 heteroatoms. The number of anilines is 1. The number of hydrogen-bond acceptors (Lipinski definition) is 5. The maximum absolute atomic E-state index is 10.6. The molecule has 0 saturated heterocycles. The Morgan fingerprint density at radius 1 is 1.62 bits per heavy atom. The van der Waals surface area contributed by atoms with E-state index in [4.69, 9.17) is 10.8 Å². The Morgan fingerprint density at radius 3 is 2.88 bits per heavy atom. The normalized spacial score (nSPS) is 12.4. The van der Waals surface area contributed by atoms with Crippen molar-refractivity contribution in [3.05, 3.63) is 33.9 Å². The van der Waals surface area contributed by atoms with Crippen molar-refractivity contribution in [2.75, 3.05) is 12.3 Å². The van der Waals surface area contributed by atoms with E-state index < -0.39 is 4.92 Å². The number of para-hydroxylation sites is 1. The molecule has 0 spiro atoms. The van der Waals surface area contributed by atoms with Crippen molar-refractivity contribution in [2.45, 2.75) is 17.9 Å². The van der Waals surface area contributed by atoms with E-state index in [9.17, 15) is 10.1 Å². The molecule has 88 valence electrons. The van der Waals surface area contributed by atoms with Crippen LogP contribution in [0.2, 0.25) is 0 Å². The summed E-state index contributed by atoms with van der Waals surface area (Å²) in [4.78, 5) is 10.2. The van der Waals surface area contributed by atoms with E-state index in [1.165, 1.54) is 17.8 Å². The summed E-state index contributed by atoms with van der Waals surface area (Å²) in [7, 11) is 0. The lowest BCUT2D eigenvalue weighted by atomic mass is 10.2. The molecular weight excluding hydrogens is 228 g/mol. The van der Waals surface area contributed by atoms with Crippen LogP contribution in [0.25, 0.3) is 0 Å². The summed E-state index contributed by atoms with van der Waals surface area (Å²) in [5, 5.41) is 19.6. The molecule has 0 aliphatic rings. The summed E-state index contributed by atoms with van der Waals surface area (Å²) >= 11 is 1.51. The smallest absolute Gasteiger partial charge is 0.292 e. The van der Waals surface area contributed by atoms with Gasteiger partial charge in [-0.3, -0.25) is 10.1 Å². The van der Waals surface area contributed by atoms with Gasteiger partial charge in [0.1, 0.15) is 5.69 Å². The van der Waals surface area contributed by atoms with Crippen LogP contribution in [0, 0.1) is 10.1 Å². The quantitative estimate of drug-likeness (QED) is 0.467. The van der Waals surface area contributed by atoms with Crippen molar-refractivity contribution in [3.63, 3.8) is 0 Å². The van der Waals surface area contributed by atoms with Crippen LogP contribution in [0.5, 0.6) is 0 Å². The number of hydrogen-bond donors (Lipinski definition) is 2. The largest absolute Gasteiger partial charge is 0.395 e. The van der Waals surface area contributed by atoms with Crippen LogP contribution in [0.1, 0.15) is 12.5 Å². The fraction of sp³-hybridized carbons (Fsp3) is 0.400. The van der Waals surface area contributed by atoms with Crippen molar-refractivity contribution in [1.29, 1.82) is 0 Å². The fourth-order valence-corrected chi connectivity index (χ4v) is 1.99. The van der Waals surface area contributed by atoms with Crippen LogP contribution in [0.4, 0.5) is 11.4 Å². The Balaban J connectivity index is 2.81. The molecule has 0 amide bonds. The first-order valence-corrected chi connectivity index (χ1v) is 5.85. The SMILES string of the molecule is CC(CO)SCc1cccc([N+](=O)[O-])c1N. The van der Waals surface area contributed by atoms with Crippen molar-refractivity contribution in [1.82, 2.24) is 0 Å². The molecule has 5 nitrogen and oxygen atoms in total. The lowest BCUT2D eigenvalue weighted by Gasteiger charge is -2.09. The minimum absolute atomic E-state index is 0.0604. The average Bonchev–Trinajstić information content (AvgIpc) is 2.26. The van der Waals surface area contributed by atoms with Crippen molar-refractivity contribution < 1.29 is 10.0 Å². The lowest BCUT2D eigenvalue weighted by Crippen LogP contribution is -2.04. The molecule has 0 bridgehead atoms. The van der Waals surface area contributed by atoms with Crippen LogP contribution in [0.15, 0.2) is 18.2 Å². The Labute approximate surface area is 97.8 Å². The summed E-state index contributed by atoms with van der Waals surface area (Å²) < 4.78 is 0. The highest BCUT2D eigenvalue weighted by molar-refractivity contribution is 7.99. The summed E-state index contributed by atoms with van der Waals surface area (Å²) in [5.74, 6) is 0.565. The Morgan fingerprint density at radius 2 is 2.31 bits per heavy atom.